The summed E-state index contributed by atoms with van der Waals surface area (Å²) in [5, 5.41) is 2.88. The Hall–Kier alpha value is -3.21. The first kappa shape index (κ1) is 16.6. The minimum absolute atomic E-state index is 0.0922. The zero-order chi connectivity index (χ0) is 17.3. The lowest BCUT2D eigenvalue weighted by Gasteiger charge is -2.02. The third-order valence-electron chi connectivity index (χ3n) is 3.79. The average Bonchev–Trinajstić information content (AvgIpc) is 3.15. The molecule has 3 rings (SSSR count). The Labute approximate surface area is 146 Å². The number of aromatic nitrogens is 3. The minimum Gasteiger partial charge on any atom is -0.352 e. The molecule has 0 saturated carbocycles. The lowest BCUT2D eigenvalue weighted by molar-refractivity contribution is -0.116. The molecule has 0 aliphatic carbocycles. The summed E-state index contributed by atoms with van der Waals surface area (Å²) in [4.78, 5) is 23.0. The smallest absolute Gasteiger partial charge is 0.244 e. The van der Waals surface area contributed by atoms with E-state index in [9.17, 15) is 4.79 Å². The maximum atomic E-state index is 11.9. The first-order chi connectivity index (χ1) is 12.3. The zero-order valence-electron chi connectivity index (χ0n) is 13.9. The highest BCUT2D eigenvalue weighted by molar-refractivity contribution is 5.91. The van der Waals surface area contributed by atoms with Crippen LogP contribution in [0.25, 0.3) is 6.08 Å². The second-order valence-corrected chi connectivity index (χ2v) is 5.73. The second kappa shape index (κ2) is 8.59. The van der Waals surface area contributed by atoms with Crippen LogP contribution in [0.1, 0.15) is 22.4 Å². The van der Waals surface area contributed by atoms with Crippen LogP contribution in [0.3, 0.4) is 0 Å². The molecule has 0 atom stereocenters. The number of nitrogens with one attached hydrogen (secondary N) is 2. The maximum Gasteiger partial charge on any atom is 0.244 e. The molecular weight excluding hydrogens is 312 g/mol. The number of nitrogens with zero attached hydrogens (tertiary/aromatic N) is 2. The fourth-order valence-corrected chi connectivity index (χ4v) is 2.45. The van der Waals surface area contributed by atoms with Crippen molar-refractivity contribution in [2.75, 3.05) is 6.54 Å². The van der Waals surface area contributed by atoms with Crippen molar-refractivity contribution in [2.45, 2.75) is 12.8 Å². The van der Waals surface area contributed by atoms with Gasteiger partial charge >= 0.3 is 0 Å². The van der Waals surface area contributed by atoms with Crippen LogP contribution in [0, 0.1) is 0 Å². The molecule has 5 heteroatoms. The SMILES string of the molecule is O=C(/C=C/c1ccc(Cc2cnc[nH]2)cc1)NCCc1cccnc1. The fourth-order valence-electron chi connectivity index (χ4n) is 2.45. The molecule has 2 aromatic heterocycles. The Morgan fingerprint density at radius 2 is 1.96 bits per heavy atom. The molecule has 5 nitrogen and oxygen atoms in total. The van der Waals surface area contributed by atoms with Gasteiger partial charge < -0.3 is 10.3 Å². The fraction of sp³-hybridized carbons (Fsp3) is 0.150. The van der Waals surface area contributed by atoms with Gasteiger partial charge in [0.05, 0.1) is 6.33 Å². The summed E-state index contributed by atoms with van der Waals surface area (Å²) in [6.07, 6.45) is 12.0. The van der Waals surface area contributed by atoms with Crippen molar-refractivity contribution in [1.82, 2.24) is 20.3 Å². The molecule has 3 aromatic rings. The topological polar surface area (TPSA) is 70.7 Å². The summed E-state index contributed by atoms with van der Waals surface area (Å²) < 4.78 is 0. The van der Waals surface area contributed by atoms with Crippen LogP contribution in [0.15, 0.2) is 67.4 Å². The Kier molecular flexibility index (Phi) is 5.72. The number of H-pyrrole nitrogens is 1. The van der Waals surface area contributed by atoms with Crippen LogP contribution in [-0.2, 0) is 17.6 Å². The van der Waals surface area contributed by atoms with Crippen molar-refractivity contribution < 1.29 is 4.79 Å². The summed E-state index contributed by atoms with van der Waals surface area (Å²) >= 11 is 0. The van der Waals surface area contributed by atoms with Crippen molar-refractivity contribution in [3.05, 3.63) is 89.8 Å². The number of amides is 1. The number of carbonyl (C=O) groups excluding carboxylic acids is 1. The van der Waals surface area contributed by atoms with E-state index in [1.165, 1.54) is 5.56 Å². The molecule has 126 valence electrons. The minimum atomic E-state index is -0.0922. The van der Waals surface area contributed by atoms with Gasteiger partial charge in [-0.3, -0.25) is 9.78 Å². The Balaban J connectivity index is 1.45. The van der Waals surface area contributed by atoms with E-state index in [4.69, 9.17) is 0 Å². The van der Waals surface area contributed by atoms with Crippen molar-refractivity contribution in [3.8, 4) is 0 Å². The summed E-state index contributed by atoms with van der Waals surface area (Å²) in [6.45, 7) is 0.595. The maximum absolute atomic E-state index is 11.9. The van der Waals surface area contributed by atoms with Crippen LogP contribution in [0.4, 0.5) is 0 Å². The first-order valence-corrected chi connectivity index (χ1v) is 8.20. The first-order valence-electron chi connectivity index (χ1n) is 8.20. The van der Waals surface area contributed by atoms with Crippen LogP contribution in [0.2, 0.25) is 0 Å². The molecule has 1 aromatic carbocycles. The molecule has 0 aliphatic heterocycles. The van der Waals surface area contributed by atoms with Gasteiger partial charge in [-0.05, 0) is 35.3 Å². The van der Waals surface area contributed by atoms with E-state index in [0.717, 1.165) is 29.7 Å². The zero-order valence-corrected chi connectivity index (χ0v) is 13.9. The van der Waals surface area contributed by atoms with Gasteiger partial charge in [0.2, 0.25) is 5.91 Å². The van der Waals surface area contributed by atoms with Gasteiger partial charge in [0.15, 0.2) is 0 Å². The molecule has 2 N–H and O–H groups in total. The van der Waals surface area contributed by atoms with E-state index >= 15 is 0 Å². The van der Waals surface area contributed by atoms with Gasteiger partial charge in [-0.25, -0.2) is 4.98 Å². The lowest BCUT2D eigenvalue weighted by Crippen LogP contribution is -2.23. The highest BCUT2D eigenvalue weighted by Gasteiger charge is 1.99. The number of hydrogen-bond donors (Lipinski definition) is 2. The van der Waals surface area contributed by atoms with Gasteiger partial charge in [0, 0.05) is 43.3 Å². The molecule has 0 radical (unpaired) electrons. The largest absolute Gasteiger partial charge is 0.352 e. The van der Waals surface area contributed by atoms with Crippen LogP contribution >= 0.6 is 0 Å². The van der Waals surface area contributed by atoms with E-state index in [1.54, 1.807) is 18.6 Å². The Bertz CT molecular complexity index is 809. The van der Waals surface area contributed by atoms with Gasteiger partial charge in [-0.15, -0.1) is 0 Å². The average molecular weight is 332 g/mol. The molecule has 0 unspecified atom stereocenters. The summed E-state index contributed by atoms with van der Waals surface area (Å²) in [5.74, 6) is -0.0922. The van der Waals surface area contributed by atoms with Crippen molar-refractivity contribution in [3.63, 3.8) is 0 Å². The number of rotatable bonds is 7. The Morgan fingerprint density at radius 1 is 1.08 bits per heavy atom. The summed E-state index contributed by atoms with van der Waals surface area (Å²) in [6, 6.07) is 12.0. The third-order valence-corrected chi connectivity index (χ3v) is 3.79. The summed E-state index contributed by atoms with van der Waals surface area (Å²) in [5.41, 5.74) is 4.38. The van der Waals surface area contributed by atoms with E-state index in [-0.39, 0.29) is 5.91 Å². The van der Waals surface area contributed by atoms with Gasteiger partial charge in [0.1, 0.15) is 0 Å². The lowest BCUT2D eigenvalue weighted by atomic mass is 10.1. The normalized spacial score (nSPS) is 10.9. The van der Waals surface area contributed by atoms with E-state index in [2.05, 4.69) is 32.4 Å². The number of pyridine rings is 1. The van der Waals surface area contributed by atoms with Gasteiger partial charge in [-0.2, -0.15) is 0 Å². The number of hydrogen-bond acceptors (Lipinski definition) is 3. The number of imidazole rings is 1. The molecule has 0 aliphatic rings. The van der Waals surface area contributed by atoms with E-state index < -0.39 is 0 Å². The van der Waals surface area contributed by atoms with Crippen LogP contribution in [-0.4, -0.2) is 27.4 Å². The molecule has 0 spiro atoms. The van der Waals surface area contributed by atoms with Gasteiger partial charge in [-0.1, -0.05) is 30.3 Å². The predicted octanol–water partition coefficient (Wildman–Crippen LogP) is 2.77. The highest BCUT2D eigenvalue weighted by atomic mass is 16.1. The quantitative estimate of drug-likeness (QED) is 0.654. The number of carbonyl (C=O) groups is 1. The standard InChI is InChI=1S/C20H20N4O/c25-20(23-11-9-18-2-1-10-21-13-18)8-7-16-3-5-17(6-4-16)12-19-14-22-15-24-19/h1-8,10,13-15H,9,11-12H2,(H,22,24)(H,23,25)/b8-7+. The third kappa shape index (κ3) is 5.42. The molecule has 0 bridgehead atoms. The van der Waals surface area contributed by atoms with Crippen LogP contribution in [0.5, 0.6) is 0 Å². The van der Waals surface area contributed by atoms with Crippen molar-refractivity contribution in [2.24, 2.45) is 0 Å². The van der Waals surface area contributed by atoms with E-state index in [1.807, 2.05) is 42.7 Å². The summed E-state index contributed by atoms with van der Waals surface area (Å²) in [7, 11) is 0. The molecule has 25 heavy (non-hydrogen) atoms. The van der Waals surface area contributed by atoms with Crippen molar-refractivity contribution >= 4 is 12.0 Å². The predicted molar refractivity (Wildman–Crippen MR) is 97.8 cm³/mol. The Morgan fingerprint density at radius 3 is 2.68 bits per heavy atom. The van der Waals surface area contributed by atoms with E-state index in [0.29, 0.717) is 6.54 Å². The molecule has 0 saturated heterocycles. The monoisotopic (exact) mass is 332 g/mol. The number of aromatic amines is 1. The van der Waals surface area contributed by atoms with Crippen LogP contribution < -0.4 is 5.32 Å². The van der Waals surface area contributed by atoms with Crippen molar-refractivity contribution in [1.29, 1.82) is 0 Å². The molecule has 0 fully saturated rings. The van der Waals surface area contributed by atoms with Gasteiger partial charge in [0.25, 0.3) is 0 Å². The molecule has 2 heterocycles. The molecular formula is C20H20N4O. The number of benzene rings is 1. The second-order valence-electron chi connectivity index (χ2n) is 5.73. The highest BCUT2D eigenvalue weighted by Crippen LogP contribution is 2.10. The molecule has 1 amide bonds.